The first-order chi connectivity index (χ1) is 9.33. The van der Waals surface area contributed by atoms with Gasteiger partial charge in [0.15, 0.2) is 0 Å². The maximum absolute atomic E-state index is 5.09. The van der Waals surface area contributed by atoms with Crippen LogP contribution in [0.2, 0.25) is 0 Å². The highest BCUT2D eigenvalue weighted by Crippen LogP contribution is 2.17. The van der Waals surface area contributed by atoms with Crippen molar-refractivity contribution in [3.63, 3.8) is 0 Å². The van der Waals surface area contributed by atoms with Crippen LogP contribution in [0.4, 0.5) is 5.82 Å². The van der Waals surface area contributed by atoms with E-state index in [1.165, 1.54) is 11.1 Å². The Morgan fingerprint density at radius 2 is 2.05 bits per heavy atom. The van der Waals surface area contributed by atoms with E-state index in [4.69, 9.17) is 4.74 Å². The lowest BCUT2D eigenvalue weighted by Crippen LogP contribution is -2.35. The third-order valence-electron chi connectivity index (χ3n) is 3.13. The summed E-state index contributed by atoms with van der Waals surface area (Å²) in [7, 11) is 3.82. The van der Waals surface area contributed by atoms with Crippen LogP contribution >= 0.6 is 0 Å². The molecule has 0 fully saturated rings. The zero-order valence-electron chi connectivity index (χ0n) is 13.8. The number of pyridine rings is 1. The van der Waals surface area contributed by atoms with Crippen molar-refractivity contribution in [2.45, 2.75) is 46.2 Å². The molecule has 0 bridgehead atoms. The van der Waals surface area contributed by atoms with Crippen molar-refractivity contribution in [3.05, 3.63) is 23.4 Å². The molecular formula is C16H29N3O. The highest BCUT2D eigenvalue weighted by atomic mass is 16.5. The topological polar surface area (TPSA) is 37.4 Å². The van der Waals surface area contributed by atoms with Gasteiger partial charge in [-0.2, -0.15) is 0 Å². The first-order valence-electron chi connectivity index (χ1n) is 7.24. The number of ether oxygens (including phenoxy) is 1. The van der Waals surface area contributed by atoms with Gasteiger partial charge in [0.25, 0.3) is 0 Å². The number of methoxy groups -OCH3 is 1. The maximum Gasteiger partial charge on any atom is 0.131 e. The van der Waals surface area contributed by atoms with Crippen LogP contribution in [0.5, 0.6) is 0 Å². The van der Waals surface area contributed by atoms with Crippen LogP contribution < -0.4 is 10.2 Å². The van der Waals surface area contributed by atoms with Gasteiger partial charge in [-0.25, -0.2) is 4.98 Å². The molecule has 0 saturated heterocycles. The minimum Gasteiger partial charge on any atom is -0.385 e. The number of aryl methyl sites for hydroxylation is 1. The molecule has 0 spiro atoms. The summed E-state index contributed by atoms with van der Waals surface area (Å²) in [4.78, 5) is 6.79. The van der Waals surface area contributed by atoms with Gasteiger partial charge in [-0.05, 0) is 51.3 Å². The Morgan fingerprint density at radius 3 is 2.60 bits per heavy atom. The van der Waals surface area contributed by atoms with Crippen LogP contribution in [0.1, 0.15) is 38.3 Å². The summed E-state index contributed by atoms with van der Waals surface area (Å²) in [6.07, 6.45) is 2.98. The molecule has 0 aliphatic carbocycles. The average molecular weight is 279 g/mol. The number of hydrogen-bond donors (Lipinski definition) is 1. The van der Waals surface area contributed by atoms with E-state index < -0.39 is 0 Å². The molecule has 1 rings (SSSR count). The monoisotopic (exact) mass is 279 g/mol. The summed E-state index contributed by atoms with van der Waals surface area (Å²) in [5, 5.41) is 3.49. The van der Waals surface area contributed by atoms with Gasteiger partial charge in [-0.3, -0.25) is 0 Å². The molecule has 0 aliphatic rings. The van der Waals surface area contributed by atoms with Crippen molar-refractivity contribution < 1.29 is 4.74 Å². The number of rotatable bonds is 7. The Kier molecular flexibility index (Phi) is 6.43. The van der Waals surface area contributed by atoms with Gasteiger partial charge in [0.05, 0.1) is 0 Å². The molecule has 0 atom stereocenters. The number of nitrogens with zero attached hydrogens (tertiary/aromatic N) is 2. The smallest absolute Gasteiger partial charge is 0.131 e. The molecule has 4 nitrogen and oxygen atoms in total. The lowest BCUT2D eigenvalue weighted by molar-refractivity contribution is 0.196. The summed E-state index contributed by atoms with van der Waals surface area (Å²) < 4.78 is 5.09. The van der Waals surface area contributed by atoms with E-state index in [0.717, 1.165) is 31.9 Å². The van der Waals surface area contributed by atoms with Crippen LogP contribution in [0, 0.1) is 6.92 Å². The van der Waals surface area contributed by atoms with Crippen molar-refractivity contribution in [1.82, 2.24) is 10.3 Å². The summed E-state index contributed by atoms with van der Waals surface area (Å²) >= 11 is 0. The van der Waals surface area contributed by atoms with Gasteiger partial charge < -0.3 is 15.0 Å². The number of anilines is 1. The molecule has 1 aromatic rings. The lowest BCUT2D eigenvalue weighted by atomic mass is 10.1. The molecule has 0 aromatic carbocycles. The molecule has 0 saturated carbocycles. The molecule has 1 N–H and O–H groups in total. The second-order valence-electron chi connectivity index (χ2n) is 6.36. The predicted molar refractivity (Wildman–Crippen MR) is 85.3 cm³/mol. The standard InChI is InChI=1S/C16H29N3O/c1-13-10-14(12-18-16(2,3)4)11-17-15(13)19(5)8-7-9-20-6/h10-11,18H,7-9,12H2,1-6H3. The van der Waals surface area contributed by atoms with E-state index in [0.29, 0.717) is 0 Å². The fourth-order valence-electron chi connectivity index (χ4n) is 2.04. The zero-order chi connectivity index (χ0) is 15.2. The number of nitrogens with one attached hydrogen (secondary N) is 1. The van der Waals surface area contributed by atoms with Crippen LogP contribution in [-0.2, 0) is 11.3 Å². The predicted octanol–water partition coefficient (Wildman–Crippen LogP) is 2.75. The van der Waals surface area contributed by atoms with Crippen molar-refractivity contribution in [1.29, 1.82) is 0 Å². The molecule has 1 heterocycles. The Bertz CT molecular complexity index is 413. The molecule has 0 unspecified atom stereocenters. The van der Waals surface area contributed by atoms with Gasteiger partial charge in [-0.1, -0.05) is 0 Å². The molecular weight excluding hydrogens is 250 g/mol. The van der Waals surface area contributed by atoms with Crippen molar-refractivity contribution in [2.24, 2.45) is 0 Å². The van der Waals surface area contributed by atoms with E-state index in [9.17, 15) is 0 Å². The second-order valence-corrected chi connectivity index (χ2v) is 6.36. The molecule has 0 amide bonds. The fourth-order valence-corrected chi connectivity index (χ4v) is 2.04. The van der Waals surface area contributed by atoms with Gasteiger partial charge in [0.2, 0.25) is 0 Å². The number of hydrogen-bond acceptors (Lipinski definition) is 4. The van der Waals surface area contributed by atoms with Gasteiger partial charge in [0.1, 0.15) is 5.82 Å². The third kappa shape index (κ3) is 5.88. The normalized spacial score (nSPS) is 11.7. The minimum atomic E-state index is 0.128. The second kappa shape index (κ2) is 7.60. The van der Waals surface area contributed by atoms with Crippen LogP contribution in [0.3, 0.4) is 0 Å². The summed E-state index contributed by atoms with van der Waals surface area (Å²) in [6, 6.07) is 2.22. The van der Waals surface area contributed by atoms with Crippen LogP contribution in [-0.4, -0.2) is 37.8 Å². The maximum atomic E-state index is 5.09. The zero-order valence-corrected chi connectivity index (χ0v) is 13.8. The lowest BCUT2D eigenvalue weighted by Gasteiger charge is -2.22. The quantitative estimate of drug-likeness (QED) is 0.779. The van der Waals surface area contributed by atoms with Crippen molar-refractivity contribution in [3.8, 4) is 0 Å². The molecule has 1 aromatic heterocycles. The van der Waals surface area contributed by atoms with Gasteiger partial charge in [-0.15, -0.1) is 0 Å². The highest BCUT2D eigenvalue weighted by Gasteiger charge is 2.10. The summed E-state index contributed by atoms with van der Waals surface area (Å²) in [5.74, 6) is 1.06. The summed E-state index contributed by atoms with van der Waals surface area (Å²) in [6.45, 7) is 11.2. The van der Waals surface area contributed by atoms with E-state index in [2.05, 4.69) is 56.0 Å². The Balaban J connectivity index is 2.63. The molecule has 0 radical (unpaired) electrons. The molecule has 114 valence electrons. The third-order valence-corrected chi connectivity index (χ3v) is 3.13. The first-order valence-corrected chi connectivity index (χ1v) is 7.24. The largest absolute Gasteiger partial charge is 0.385 e. The fraction of sp³-hybridized carbons (Fsp3) is 0.688. The Labute approximate surface area is 123 Å². The van der Waals surface area contributed by atoms with E-state index in [1.54, 1.807) is 7.11 Å². The summed E-state index contributed by atoms with van der Waals surface area (Å²) in [5.41, 5.74) is 2.58. The van der Waals surface area contributed by atoms with Crippen molar-refractivity contribution >= 4 is 5.82 Å². The highest BCUT2D eigenvalue weighted by molar-refractivity contribution is 5.46. The van der Waals surface area contributed by atoms with E-state index in [1.807, 2.05) is 6.20 Å². The Hall–Kier alpha value is -1.13. The first kappa shape index (κ1) is 16.9. The van der Waals surface area contributed by atoms with E-state index in [-0.39, 0.29) is 5.54 Å². The Morgan fingerprint density at radius 1 is 1.35 bits per heavy atom. The van der Waals surface area contributed by atoms with Crippen LogP contribution in [0.15, 0.2) is 12.3 Å². The molecule has 4 heteroatoms. The average Bonchev–Trinajstić information content (AvgIpc) is 2.35. The molecule has 20 heavy (non-hydrogen) atoms. The van der Waals surface area contributed by atoms with Crippen molar-refractivity contribution in [2.75, 3.05) is 32.2 Å². The van der Waals surface area contributed by atoms with Gasteiger partial charge >= 0.3 is 0 Å². The van der Waals surface area contributed by atoms with Crippen LogP contribution in [0.25, 0.3) is 0 Å². The minimum absolute atomic E-state index is 0.128. The molecule has 0 aliphatic heterocycles. The van der Waals surface area contributed by atoms with Gasteiger partial charge in [0, 0.05) is 45.6 Å². The van der Waals surface area contributed by atoms with E-state index >= 15 is 0 Å². The number of aromatic nitrogens is 1. The SMILES string of the molecule is COCCCN(C)c1ncc(CNC(C)(C)C)cc1C.